The molecule has 0 radical (unpaired) electrons. The summed E-state index contributed by atoms with van der Waals surface area (Å²) in [5.41, 5.74) is 5.95. The Morgan fingerprint density at radius 1 is 1.53 bits per heavy atom. The molecule has 1 saturated heterocycles. The zero-order valence-electron chi connectivity index (χ0n) is 10.4. The van der Waals surface area contributed by atoms with Crippen molar-refractivity contribution >= 4 is 15.9 Å². The van der Waals surface area contributed by atoms with Gasteiger partial charge in [-0.2, -0.15) is 0 Å². The number of nitrogens with two attached hydrogens (primary N) is 1. The Hall–Kier alpha value is -0.320. The molecule has 4 heteroatoms. The molecule has 0 aliphatic carbocycles. The molecule has 1 aliphatic rings. The van der Waals surface area contributed by atoms with Gasteiger partial charge in [0.05, 0.1) is 16.8 Å². The average Bonchev–Trinajstić information content (AvgIpc) is 2.65. The lowest BCUT2D eigenvalue weighted by Crippen LogP contribution is -2.35. The molecule has 1 aromatic heterocycles. The summed E-state index contributed by atoms with van der Waals surface area (Å²) in [4.78, 5) is 2.49. The van der Waals surface area contributed by atoms with Crippen LogP contribution in [0, 0.1) is 5.92 Å². The Morgan fingerprint density at radius 3 is 2.94 bits per heavy atom. The molecule has 1 fully saturated rings. The summed E-state index contributed by atoms with van der Waals surface area (Å²) in [7, 11) is 0. The molecule has 1 aliphatic heterocycles. The van der Waals surface area contributed by atoms with E-state index in [1.807, 2.05) is 6.07 Å². The Morgan fingerprint density at radius 2 is 2.35 bits per heavy atom. The number of hydrogen-bond donors (Lipinski definition) is 1. The monoisotopic (exact) mass is 300 g/mol. The van der Waals surface area contributed by atoms with Gasteiger partial charge in [-0.25, -0.2) is 0 Å². The van der Waals surface area contributed by atoms with Gasteiger partial charge in [0.15, 0.2) is 0 Å². The van der Waals surface area contributed by atoms with E-state index in [-0.39, 0.29) is 0 Å². The van der Waals surface area contributed by atoms with Gasteiger partial charge in [-0.1, -0.05) is 13.3 Å². The van der Waals surface area contributed by atoms with Crippen molar-refractivity contribution in [3.63, 3.8) is 0 Å². The SMILES string of the molecule is CCN1CCCCC(CN)C1c1occc1Br. The number of halogens is 1. The first kappa shape index (κ1) is 13.1. The molecule has 0 bridgehead atoms. The fraction of sp³-hybridized carbons (Fsp3) is 0.692. The topological polar surface area (TPSA) is 42.4 Å². The van der Waals surface area contributed by atoms with Crippen molar-refractivity contribution in [2.75, 3.05) is 19.6 Å². The zero-order valence-corrected chi connectivity index (χ0v) is 11.9. The van der Waals surface area contributed by atoms with E-state index in [2.05, 4.69) is 27.8 Å². The van der Waals surface area contributed by atoms with Crippen LogP contribution in [0.1, 0.15) is 38.0 Å². The Labute approximate surface area is 111 Å². The summed E-state index contributed by atoms with van der Waals surface area (Å²) in [6.07, 6.45) is 5.49. The number of furan rings is 1. The first-order chi connectivity index (χ1) is 8.27. The molecule has 0 spiro atoms. The van der Waals surface area contributed by atoms with Crippen LogP contribution in [0.3, 0.4) is 0 Å². The van der Waals surface area contributed by atoms with E-state index < -0.39 is 0 Å². The highest BCUT2D eigenvalue weighted by atomic mass is 79.9. The highest BCUT2D eigenvalue weighted by Gasteiger charge is 2.32. The van der Waals surface area contributed by atoms with Gasteiger partial charge in [-0.3, -0.25) is 4.90 Å². The van der Waals surface area contributed by atoms with Gasteiger partial charge in [-0.15, -0.1) is 0 Å². The van der Waals surface area contributed by atoms with E-state index in [4.69, 9.17) is 10.2 Å². The second-order valence-corrected chi connectivity index (χ2v) is 5.55. The summed E-state index contributed by atoms with van der Waals surface area (Å²) in [5.74, 6) is 1.55. The number of hydrogen-bond acceptors (Lipinski definition) is 3. The minimum atomic E-state index is 0.330. The predicted octanol–water partition coefficient (Wildman–Crippen LogP) is 3.16. The maximum absolute atomic E-state index is 5.95. The van der Waals surface area contributed by atoms with Crippen LogP contribution in [0.4, 0.5) is 0 Å². The molecule has 2 heterocycles. The summed E-state index contributed by atoms with van der Waals surface area (Å²) < 4.78 is 6.75. The van der Waals surface area contributed by atoms with Gasteiger partial charge in [-0.05, 0) is 60.4 Å². The van der Waals surface area contributed by atoms with Gasteiger partial charge in [0.2, 0.25) is 0 Å². The third kappa shape index (κ3) is 2.75. The Balaban J connectivity index is 2.31. The lowest BCUT2D eigenvalue weighted by atomic mass is 9.93. The van der Waals surface area contributed by atoms with E-state index >= 15 is 0 Å². The van der Waals surface area contributed by atoms with Crippen LogP contribution < -0.4 is 5.73 Å². The number of rotatable bonds is 3. The smallest absolute Gasteiger partial charge is 0.135 e. The lowest BCUT2D eigenvalue weighted by molar-refractivity contribution is 0.142. The standard InChI is InChI=1S/C13H21BrN2O/c1-2-16-7-4-3-5-10(9-15)12(16)13-11(14)6-8-17-13/h6,8,10,12H,2-5,7,9,15H2,1H3. The van der Waals surface area contributed by atoms with Crippen LogP contribution in [0.5, 0.6) is 0 Å². The van der Waals surface area contributed by atoms with E-state index in [9.17, 15) is 0 Å². The highest BCUT2D eigenvalue weighted by Crippen LogP contribution is 2.38. The fourth-order valence-corrected chi connectivity index (χ4v) is 3.25. The molecular weight excluding hydrogens is 280 g/mol. The molecule has 0 saturated carbocycles. The minimum absolute atomic E-state index is 0.330. The van der Waals surface area contributed by atoms with E-state index in [0.717, 1.165) is 29.9 Å². The molecule has 0 aromatic carbocycles. The molecule has 2 N–H and O–H groups in total. The van der Waals surface area contributed by atoms with Gasteiger partial charge in [0, 0.05) is 0 Å². The summed E-state index contributed by atoms with van der Waals surface area (Å²) in [6.45, 7) is 5.14. The molecule has 1 aromatic rings. The van der Waals surface area contributed by atoms with Crippen LogP contribution in [0.2, 0.25) is 0 Å². The predicted molar refractivity (Wildman–Crippen MR) is 72.8 cm³/mol. The van der Waals surface area contributed by atoms with Crippen LogP contribution in [0.25, 0.3) is 0 Å². The van der Waals surface area contributed by atoms with Crippen LogP contribution >= 0.6 is 15.9 Å². The third-order valence-corrected chi connectivity index (χ3v) is 4.39. The van der Waals surface area contributed by atoms with Crippen molar-refractivity contribution in [3.8, 4) is 0 Å². The number of nitrogens with zero attached hydrogens (tertiary/aromatic N) is 1. The molecule has 96 valence electrons. The van der Waals surface area contributed by atoms with Crippen molar-refractivity contribution < 1.29 is 4.42 Å². The van der Waals surface area contributed by atoms with Crippen LogP contribution in [-0.4, -0.2) is 24.5 Å². The highest BCUT2D eigenvalue weighted by molar-refractivity contribution is 9.10. The molecule has 2 rings (SSSR count). The quantitative estimate of drug-likeness (QED) is 0.932. The van der Waals surface area contributed by atoms with Gasteiger partial charge >= 0.3 is 0 Å². The summed E-state index contributed by atoms with van der Waals surface area (Å²) >= 11 is 3.58. The molecule has 17 heavy (non-hydrogen) atoms. The third-order valence-electron chi connectivity index (χ3n) is 3.73. The van der Waals surface area contributed by atoms with Crippen molar-refractivity contribution in [1.29, 1.82) is 0 Å². The fourth-order valence-electron chi connectivity index (χ4n) is 2.81. The minimum Gasteiger partial charge on any atom is -0.466 e. The zero-order chi connectivity index (χ0) is 12.3. The summed E-state index contributed by atoms with van der Waals surface area (Å²) in [5, 5.41) is 0. The second kappa shape index (κ2) is 6.03. The average molecular weight is 301 g/mol. The van der Waals surface area contributed by atoms with Crippen molar-refractivity contribution in [2.24, 2.45) is 11.7 Å². The van der Waals surface area contributed by atoms with Gasteiger partial charge in [0.1, 0.15) is 5.76 Å². The maximum atomic E-state index is 5.95. The van der Waals surface area contributed by atoms with Crippen molar-refractivity contribution in [2.45, 2.75) is 32.2 Å². The normalized spacial score (nSPS) is 27.0. The largest absolute Gasteiger partial charge is 0.466 e. The first-order valence-corrected chi connectivity index (χ1v) is 7.24. The molecule has 2 atom stereocenters. The molecular formula is C13H21BrN2O. The molecule has 0 amide bonds. The molecule has 3 nitrogen and oxygen atoms in total. The van der Waals surface area contributed by atoms with E-state index in [0.29, 0.717) is 12.0 Å². The van der Waals surface area contributed by atoms with Crippen LogP contribution in [-0.2, 0) is 0 Å². The second-order valence-electron chi connectivity index (χ2n) is 4.70. The molecule has 2 unspecified atom stereocenters. The number of likely N-dealkylation sites (tertiary alicyclic amines) is 1. The van der Waals surface area contributed by atoms with E-state index in [1.165, 1.54) is 19.3 Å². The van der Waals surface area contributed by atoms with Gasteiger partial charge in [0.25, 0.3) is 0 Å². The Bertz CT molecular complexity index is 339. The van der Waals surface area contributed by atoms with Crippen molar-refractivity contribution in [1.82, 2.24) is 4.90 Å². The lowest BCUT2D eigenvalue weighted by Gasteiger charge is -2.32. The summed E-state index contributed by atoms with van der Waals surface area (Å²) in [6, 6.07) is 2.30. The maximum Gasteiger partial charge on any atom is 0.135 e. The van der Waals surface area contributed by atoms with Gasteiger partial charge < -0.3 is 10.2 Å². The van der Waals surface area contributed by atoms with E-state index in [1.54, 1.807) is 6.26 Å². The first-order valence-electron chi connectivity index (χ1n) is 6.45. The van der Waals surface area contributed by atoms with Crippen molar-refractivity contribution in [3.05, 3.63) is 22.6 Å². The van der Waals surface area contributed by atoms with Crippen LogP contribution in [0.15, 0.2) is 21.2 Å². The Kier molecular flexibility index (Phi) is 4.65.